The molecule has 2 aromatic rings. The summed E-state index contributed by atoms with van der Waals surface area (Å²) in [6.07, 6.45) is 4.54. The Bertz CT molecular complexity index is 548. The topological polar surface area (TPSA) is 43.4 Å². The van der Waals surface area contributed by atoms with Crippen LogP contribution in [0.2, 0.25) is 0 Å². The van der Waals surface area contributed by atoms with Gasteiger partial charge in [-0.15, -0.1) is 0 Å². The monoisotopic (exact) mass is 272 g/mol. The molecule has 1 fully saturated rings. The van der Waals surface area contributed by atoms with E-state index in [1.54, 1.807) is 6.20 Å². The zero-order valence-electron chi connectivity index (χ0n) is 11.5. The second-order valence-corrected chi connectivity index (χ2v) is 5.01. The van der Waals surface area contributed by atoms with Gasteiger partial charge >= 0.3 is 0 Å². The maximum absolute atomic E-state index is 5.84. The van der Waals surface area contributed by atoms with Crippen LogP contribution in [-0.2, 0) is 4.74 Å². The molecule has 0 saturated carbocycles. The number of hydrogen-bond acceptors (Lipinski definition) is 4. The zero-order valence-corrected chi connectivity index (χ0v) is 11.5. The number of nitrogens with one attached hydrogen (secondary N) is 1. The number of benzene rings is 1. The molecule has 1 unspecified atom stereocenters. The number of aromatic nitrogens is 1. The highest BCUT2D eigenvalue weighted by molar-refractivity contribution is 5.84. The lowest BCUT2D eigenvalue weighted by atomic mass is 10.2. The molecule has 0 bridgehead atoms. The Morgan fingerprint density at radius 2 is 2.30 bits per heavy atom. The third-order valence-corrected chi connectivity index (χ3v) is 3.54. The molecule has 1 N–H and O–H groups in total. The van der Waals surface area contributed by atoms with Gasteiger partial charge in [-0.2, -0.15) is 0 Å². The lowest BCUT2D eigenvalue weighted by molar-refractivity contribution is 0.109. The van der Waals surface area contributed by atoms with E-state index in [4.69, 9.17) is 9.47 Å². The number of ether oxygens (including phenoxy) is 2. The van der Waals surface area contributed by atoms with Gasteiger partial charge in [-0.05, 0) is 37.1 Å². The molecule has 2 heterocycles. The number of nitrogens with zero attached hydrogens (tertiary/aromatic N) is 1. The summed E-state index contributed by atoms with van der Waals surface area (Å²) in [5.41, 5.74) is 0.970. The Kier molecular flexibility index (Phi) is 4.46. The van der Waals surface area contributed by atoms with Crippen molar-refractivity contribution in [3.05, 3.63) is 36.5 Å². The van der Waals surface area contributed by atoms with E-state index in [1.807, 2.05) is 30.3 Å². The predicted octanol–water partition coefficient (Wildman–Crippen LogP) is 2.38. The summed E-state index contributed by atoms with van der Waals surface area (Å²) >= 11 is 0. The number of hydrogen-bond donors (Lipinski definition) is 1. The van der Waals surface area contributed by atoms with Crippen molar-refractivity contribution < 1.29 is 9.47 Å². The first kappa shape index (κ1) is 13.3. The van der Waals surface area contributed by atoms with Gasteiger partial charge in [0.1, 0.15) is 12.4 Å². The van der Waals surface area contributed by atoms with Crippen molar-refractivity contribution in [2.75, 3.05) is 26.3 Å². The highest BCUT2D eigenvalue weighted by Crippen LogP contribution is 2.23. The molecule has 1 aromatic heterocycles. The quantitative estimate of drug-likeness (QED) is 0.820. The summed E-state index contributed by atoms with van der Waals surface area (Å²) in [4.78, 5) is 4.33. The summed E-state index contributed by atoms with van der Waals surface area (Å²) in [5.74, 6) is 0.898. The van der Waals surface area contributed by atoms with Gasteiger partial charge < -0.3 is 14.8 Å². The lowest BCUT2D eigenvalue weighted by Gasteiger charge is -2.12. The van der Waals surface area contributed by atoms with Crippen molar-refractivity contribution in [1.29, 1.82) is 0 Å². The van der Waals surface area contributed by atoms with Gasteiger partial charge in [0.15, 0.2) is 0 Å². The number of pyridine rings is 1. The molecule has 0 spiro atoms. The minimum atomic E-state index is 0.386. The van der Waals surface area contributed by atoms with Crippen LogP contribution in [0, 0.1) is 0 Å². The molecule has 0 amide bonds. The van der Waals surface area contributed by atoms with Gasteiger partial charge in [0.2, 0.25) is 0 Å². The first-order chi connectivity index (χ1) is 9.93. The highest BCUT2D eigenvalue weighted by atomic mass is 16.5. The van der Waals surface area contributed by atoms with Crippen molar-refractivity contribution >= 4 is 10.9 Å². The van der Waals surface area contributed by atoms with Gasteiger partial charge in [-0.1, -0.05) is 6.07 Å². The Hall–Kier alpha value is -1.65. The zero-order chi connectivity index (χ0) is 13.6. The summed E-state index contributed by atoms with van der Waals surface area (Å²) < 4.78 is 11.4. The molecule has 1 aliphatic heterocycles. The fourth-order valence-electron chi connectivity index (χ4n) is 2.50. The van der Waals surface area contributed by atoms with Crippen LogP contribution in [0.15, 0.2) is 36.5 Å². The van der Waals surface area contributed by atoms with E-state index in [0.717, 1.165) is 36.3 Å². The van der Waals surface area contributed by atoms with Crippen molar-refractivity contribution in [2.45, 2.75) is 18.9 Å². The van der Waals surface area contributed by atoms with E-state index in [1.165, 1.54) is 12.8 Å². The van der Waals surface area contributed by atoms with Crippen LogP contribution in [0.5, 0.6) is 5.75 Å². The third kappa shape index (κ3) is 3.26. The molecule has 1 aliphatic rings. The van der Waals surface area contributed by atoms with Gasteiger partial charge in [-0.25, -0.2) is 0 Å². The second kappa shape index (κ2) is 6.68. The maximum atomic E-state index is 5.84. The van der Waals surface area contributed by atoms with E-state index in [9.17, 15) is 0 Å². The standard InChI is InChI=1S/C16H20N2O2/c1-6-15-14(5-2-8-18-15)16(7-1)20-11-9-17-12-13-4-3-10-19-13/h1-2,5-8,13,17H,3-4,9-12H2. The van der Waals surface area contributed by atoms with E-state index >= 15 is 0 Å². The maximum Gasteiger partial charge on any atom is 0.128 e. The van der Waals surface area contributed by atoms with Crippen LogP contribution in [0.4, 0.5) is 0 Å². The van der Waals surface area contributed by atoms with E-state index in [0.29, 0.717) is 12.7 Å². The third-order valence-electron chi connectivity index (χ3n) is 3.54. The molecular formula is C16H20N2O2. The SMILES string of the molecule is c1cc(OCCNCC2CCCO2)c2cccnc2c1. The van der Waals surface area contributed by atoms with Gasteiger partial charge in [0.25, 0.3) is 0 Å². The Morgan fingerprint density at radius 3 is 3.20 bits per heavy atom. The lowest BCUT2D eigenvalue weighted by Crippen LogP contribution is -2.29. The Balaban J connectivity index is 1.47. The van der Waals surface area contributed by atoms with E-state index in [2.05, 4.69) is 10.3 Å². The molecule has 1 atom stereocenters. The molecule has 0 aliphatic carbocycles. The molecule has 106 valence electrons. The van der Waals surface area contributed by atoms with Crippen LogP contribution in [0.25, 0.3) is 10.9 Å². The highest BCUT2D eigenvalue weighted by Gasteiger charge is 2.14. The first-order valence-corrected chi connectivity index (χ1v) is 7.22. The molecule has 3 rings (SSSR count). The van der Waals surface area contributed by atoms with Crippen LogP contribution in [0.1, 0.15) is 12.8 Å². The van der Waals surface area contributed by atoms with E-state index < -0.39 is 0 Å². The second-order valence-electron chi connectivity index (χ2n) is 5.01. The number of fused-ring (bicyclic) bond motifs is 1. The summed E-state index contributed by atoms with van der Waals surface area (Å²) in [6, 6.07) is 9.94. The average Bonchev–Trinajstić information content (AvgIpc) is 3.00. The largest absolute Gasteiger partial charge is 0.492 e. The number of rotatable bonds is 6. The summed E-state index contributed by atoms with van der Waals surface area (Å²) in [5, 5.41) is 4.44. The molecule has 4 nitrogen and oxygen atoms in total. The normalized spacial score (nSPS) is 18.5. The van der Waals surface area contributed by atoms with Gasteiger partial charge in [0, 0.05) is 31.3 Å². The molecule has 20 heavy (non-hydrogen) atoms. The average molecular weight is 272 g/mol. The van der Waals surface area contributed by atoms with Crippen molar-refractivity contribution in [3.63, 3.8) is 0 Å². The Morgan fingerprint density at radius 1 is 1.30 bits per heavy atom. The molecule has 4 heteroatoms. The fourth-order valence-corrected chi connectivity index (χ4v) is 2.50. The van der Waals surface area contributed by atoms with E-state index in [-0.39, 0.29) is 0 Å². The van der Waals surface area contributed by atoms with Crippen LogP contribution < -0.4 is 10.1 Å². The summed E-state index contributed by atoms with van der Waals surface area (Å²) in [7, 11) is 0. The van der Waals surface area contributed by atoms with Crippen molar-refractivity contribution in [3.8, 4) is 5.75 Å². The van der Waals surface area contributed by atoms with Crippen LogP contribution >= 0.6 is 0 Å². The molecule has 0 radical (unpaired) electrons. The smallest absolute Gasteiger partial charge is 0.128 e. The Labute approximate surface area is 119 Å². The summed E-state index contributed by atoms with van der Waals surface area (Å²) in [6.45, 7) is 3.31. The minimum Gasteiger partial charge on any atom is -0.492 e. The molecule has 1 saturated heterocycles. The molecule has 1 aromatic carbocycles. The van der Waals surface area contributed by atoms with Gasteiger partial charge in [0.05, 0.1) is 11.6 Å². The van der Waals surface area contributed by atoms with Gasteiger partial charge in [-0.3, -0.25) is 4.98 Å². The van der Waals surface area contributed by atoms with Crippen molar-refractivity contribution in [2.24, 2.45) is 0 Å². The molecular weight excluding hydrogens is 252 g/mol. The first-order valence-electron chi connectivity index (χ1n) is 7.22. The fraction of sp³-hybridized carbons (Fsp3) is 0.438. The van der Waals surface area contributed by atoms with Crippen LogP contribution in [-0.4, -0.2) is 37.4 Å². The van der Waals surface area contributed by atoms with Crippen molar-refractivity contribution in [1.82, 2.24) is 10.3 Å². The van der Waals surface area contributed by atoms with Crippen LogP contribution in [0.3, 0.4) is 0 Å². The minimum absolute atomic E-state index is 0.386. The predicted molar refractivity (Wildman–Crippen MR) is 79.1 cm³/mol.